The fraction of sp³-hybridized carbons (Fsp3) is 0.364. The minimum absolute atomic E-state index is 0.0225. The van der Waals surface area contributed by atoms with E-state index in [1.807, 2.05) is 0 Å². The maximum Gasteiger partial charge on any atom is 0.405 e. The molecule has 0 aromatic heterocycles. The first kappa shape index (κ1) is 14.1. The van der Waals surface area contributed by atoms with E-state index in [0.717, 1.165) is 11.0 Å². The zero-order valence-electron chi connectivity index (χ0n) is 9.66. The number of benzene rings is 1. The van der Waals surface area contributed by atoms with Crippen LogP contribution in [0.5, 0.6) is 0 Å². The van der Waals surface area contributed by atoms with Gasteiger partial charge in [0, 0.05) is 17.9 Å². The van der Waals surface area contributed by atoms with Crippen molar-refractivity contribution in [1.29, 1.82) is 0 Å². The molecular weight excluding hydrogens is 249 g/mol. The minimum atomic E-state index is -4.35. The van der Waals surface area contributed by atoms with Gasteiger partial charge in [0.25, 0.3) is 0 Å². The molecule has 100 valence electrons. The molecule has 1 aromatic carbocycles. The van der Waals surface area contributed by atoms with Gasteiger partial charge in [-0.3, -0.25) is 0 Å². The fourth-order valence-corrected chi connectivity index (χ4v) is 1.53. The number of carbonyl (C=O) groups is 1. The first-order valence-corrected chi connectivity index (χ1v) is 5.19. The molecule has 18 heavy (non-hydrogen) atoms. The van der Waals surface area contributed by atoms with Gasteiger partial charge in [0.05, 0.1) is 5.56 Å². The quantitative estimate of drug-likeness (QED) is 0.817. The highest BCUT2D eigenvalue weighted by Gasteiger charge is 2.30. The number of carboxylic acid groups (broad SMARTS) is 1. The standard InChI is InChI=1S/C11H13F3N2O2/c1-2-16(6-11(12,13)14)7-3-4-9(15)8(5-7)10(17)18/h3-5H,2,6,15H2,1H3,(H,17,18). The summed E-state index contributed by atoms with van der Waals surface area (Å²) >= 11 is 0. The molecule has 0 aliphatic rings. The summed E-state index contributed by atoms with van der Waals surface area (Å²) in [4.78, 5) is 11.9. The van der Waals surface area contributed by atoms with Crippen LogP contribution in [0.3, 0.4) is 0 Å². The van der Waals surface area contributed by atoms with Crippen LogP contribution < -0.4 is 10.6 Å². The molecule has 1 rings (SSSR count). The highest BCUT2D eigenvalue weighted by Crippen LogP contribution is 2.25. The van der Waals surface area contributed by atoms with Crippen molar-refractivity contribution in [3.8, 4) is 0 Å². The molecular formula is C11H13F3N2O2. The Morgan fingerprint density at radius 2 is 2.06 bits per heavy atom. The topological polar surface area (TPSA) is 66.6 Å². The van der Waals surface area contributed by atoms with E-state index >= 15 is 0 Å². The second-order valence-electron chi connectivity index (χ2n) is 3.71. The van der Waals surface area contributed by atoms with Gasteiger partial charge in [0.2, 0.25) is 0 Å². The molecule has 0 fully saturated rings. The van der Waals surface area contributed by atoms with Gasteiger partial charge in [-0.15, -0.1) is 0 Å². The predicted octanol–water partition coefficient (Wildman–Crippen LogP) is 2.36. The molecule has 0 spiro atoms. The summed E-state index contributed by atoms with van der Waals surface area (Å²) in [7, 11) is 0. The maximum atomic E-state index is 12.3. The van der Waals surface area contributed by atoms with E-state index in [4.69, 9.17) is 10.8 Å². The Hall–Kier alpha value is -1.92. The Morgan fingerprint density at radius 1 is 1.44 bits per heavy atom. The van der Waals surface area contributed by atoms with Crippen LogP contribution in [0.25, 0.3) is 0 Å². The van der Waals surface area contributed by atoms with E-state index in [0.29, 0.717) is 0 Å². The van der Waals surface area contributed by atoms with Crippen LogP contribution in [0.1, 0.15) is 17.3 Å². The Bertz CT molecular complexity index is 446. The van der Waals surface area contributed by atoms with Crippen molar-refractivity contribution in [3.63, 3.8) is 0 Å². The zero-order chi connectivity index (χ0) is 13.9. The number of nitrogens with two attached hydrogens (primary N) is 1. The third kappa shape index (κ3) is 3.54. The Labute approximate surface area is 102 Å². The molecule has 0 radical (unpaired) electrons. The van der Waals surface area contributed by atoms with Gasteiger partial charge >= 0.3 is 12.1 Å². The molecule has 0 amide bonds. The number of alkyl halides is 3. The second-order valence-corrected chi connectivity index (χ2v) is 3.71. The molecule has 4 nitrogen and oxygen atoms in total. The molecule has 1 aromatic rings. The SMILES string of the molecule is CCN(CC(F)(F)F)c1ccc(N)c(C(=O)O)c1. The largest absolute Gasteiger partial charge is 0.478 e. The molecule has 0 unspecified atom stereocenters. The predicted molar refractivity (Wildman–Crippen MR) is 61.8 cm³/mol. The lowest BCUT2D eigenvalue weighted by Gasteiger charge is -2.24. The first-order valence-electron chi connectivity index (χ1n) is 5.19. The average Bonchev–Trinajstić information content (AvgIpc) is 2.25. The van der Waals surface area contributed by atoms with Crippen LogP contribution in [-0.4, -0.2) is 30.3 Å². The number of anilines is 2. The lowest BCUT2D eigenvalue weighted by atomic mass is 10.1. The summed E-state index contributed by atoms with van der Waals surface area (Å²) in [6.45, 7) is 0.539. The molecule has 0 atom stereocenters. The molecule has 0 bridgehead atoms. The molecule has 0 saturated heterocycles. The van der Waals surface area contributed by atoms with E-state index in [-0.39, 0.29) is 23.5 Å². The van der Waals surface area contributed by atoms with E-state index in [9.17, 15) is 18.0 Å². The van der Waals surface area contributed by atoms with Crippen LogP contribution >= 0.6 is 0 Å². The summed E-state index contributed by atoms with van der Waals surface area (Å²) in [6.07, 6.45) is -4.35. The van der Waals surface area contributed by atoms with E-state index in [1.54, 1.807) is 6.92 Å². The molecule has 3 N–H and O–H groups in total. The number of nitrogens with zero attached hydrogens (tertiary/aromatic N) is 1. The second kappa shape index (κ2) is 5.16. The number of halogens is 3. The summed E-state index contributed by atoms with van der Waals surface area (Å²) in [5, 5.41) is 8.86. The summed E-state index contributed by atoms with van der Waals surface area (Å²) in [6, 6.07) is 3.81. The smallest absolute Gasteiger partial charge is 0.405 e. The molecule has 0 aliphatic heterocycles. The number of aromatic carboxylic acids is 1. The van der Waals surface area contributed by atoms with Gasteiger partial charge in [-0.2, -0.15) is 13.2 Å². The number of hydrogen-bond donors (Lipinski definition) is 2. The average molecular weight is 262 g/mol. The molecule has 0 aliphatic carbocycles. The van der Waals surface area contributed by atoms with Crippen molar-refractivity contribution in [3.05, 3.63) is 23.8 Å². The van der Waals surface area contributed by atoms with E-state index in [1.165, 1.54) is 12.1 Å². The monoisotopic (exact) mass is 262 g/mol. The van der Waals surface area contributed by atoms with Gasteiger partial charge in [0.1, 0.15) is 6.54 Å². The lowest BCUT2D eigenvalue weighted by Crippen LogP contribution is -2.34. The Kier molecular flexibility index (Phi) is 4.05. The normalized spacial score (nSPS) is 11.3. The molecule has 0 saturated carbocycles. The third-order valence-corrected chi connectivity index (χ3v) is 2.38. The number of carboxylic acids is 1. The lowest BCUT2D eigenvalue weighted by molar-refractivity contribution is -0.119. The van der Waals surface area contributed by atoms with Crippen molar-refractivity contribution in [2.45, 2.75) is 13.1 Å². The van der Waals surface area contributed by atoms with Crippen LogP contribution in [0.4, 0.5) is 24.5 Å². The van der Waals surface area contributed by atoms with Gasteiger partial charge in [-0.1, -0.05) is 0 Å². The zero-order valence-corrected chi connectivity index (χ0v) is 9.66. The van der Waals surface area contributed by atoms with E-state index in [2.05, 4.69) is 0 Å². The van der Waals surface area contributed by atoms with E-state index < -0.39 is 18.7 Å². The van der Waals surface area contributed by atoms with Crippen LogP contribution in [0.2, 0.25) is 0 Å². The highest BCUT2D eigenvalue weighted by molar-refractivity contribution is 5.94. The summed E-state index contributed by atoms with van der Waals surface area (Å²) in [5.74, 6) is -1.27. The van der Waals surface area contributed by atoms with Gasteiger partial charge in [0.15, 0.2) is 0 Å². The molecule has 7 heteroatoms. The van der Waals surface area contributed by atoms with Crippen molar-refractivity contribution in [2.75, 3.05) is 23.7 Å². The van der Waals surface area contributed by atoms with Crippen LogP contribution in [0.15, 0.2) is 18.2 Å². The fourth-order valence-electron chi connectivity index (χ4n) is 1.53. The van der Waals surface area contributed by atoms with Gasteiger partial charge < -0.3 is 15.7 Å². The third-order valence-electron chi connectivity index (χ3n) is 2.38. The van der Waals surface area contributed by atoms with Crippen molar-refractivity contribution < 1.29 is 23.1 Å². The van der Waals surface area contributed by atoms with Gasteiger partial charge in [-0.25, -0.2) is 4.79 Å². The van der Waals surface area contributed by atoms with Crippen molar-refractivity contribution >= 4 is 17.3 Å². The van der Waals surface area contributed by atoms with Crippen molar-refractivity contribution in [2.24, 2.45) is 0 Å². The number of hydrogen-bond acceptors (Lipinski definition) is 3. The number of rotatable bonds is 4. The van der Waals surface area contributed by atoms with Crippen molar-refractivity contribution in [1.82, 2.24) is 0 Å². The maximum absolute atomic E-state index is 12.3. The van der Waals surface area contributed by atoms with Crippen LogP contribution in [0, 0.1) is 0 Å². The highest BCUT2D eigenvalue weighted by atomic mass is 19.4. The molecule has 0 heterocycles. The number of nitrogen functional groups attached to an aromatic ring is 1. The van der Waals surface area contributed by atoms with Gasteiger partial charge in [-0.05, 0) is 25.1 Å². The summed E-state index contributed by atoms with van der Waals surface area (Å²) in [5.41, 5.74) is 5.44. The Balaban J connectivity index is 3.07. The first-order chi connectivity index (χ1) is 8.24. The minimum Gasteiger partial charge on any atom is -0.478 e. The van der Waals surface area contributed by atoms with Crippen LogP contribution in [-0.2, 0) is 0 Å². The Morgan fingerprint density at radius 3 is 2.50 bits per heavy atom. The summed E-state index contributed by atoms with van der Waals surface area (Å²) < 4.78 is 37.0.